The lowest BCUT2D eigenvalue weighted by molar-refractivity contribution is -0.133. The Hall–Kier alpha value is -2.74. The molecule has 1 N–H and O–H groups in total. The van der Waals surface area contributed by atoms with Gasteiger partial charge < -0.3 is 14.5 Å². The maximum absolute atomic E-state index is 12.1. The van der Waals surface area contributed by atoms with Crippen LogP contribution in [0.3, 0.4) is 0 Å². The lowest BCUT2D eigenvalue weighted by Crippen LogP contribution is -2.38. The van der Waals surface area contributed by atoms with Crippen LogP contribution < -0.4 is 5.32 Å². The highest BCUT2D eigenvalue weighted by Crippen LogP contribution is 2.23. The molecule has 0 radical (unpaired) electrons. The Kier molecular flexibility index (Phi) is 3.12. The van der Waals surface area contributed by atoms with E-state index >= 15 is 0 Å². The highest BCUT2D eigenvalue weighted by atomic mass is 16.5. The van der Waals surface area contributed by atoms with Crippen LogP contribution in [0.15, 0.2) is 22.6 Å². The maximum atomic E-state index is 12.1. The topological polar surface area (TPSA) is 94.5 Å². The third-order valence-electron chi connectivity index (χ3n) is 3.65. The van der Waals surface area contributed by atoms with Gasteiger partial charge in [-0.1, -0.05) is 0 Å². The van der Waals surface area contributed by atoms with Gasteiger partial charge in [-0.15, -0.1) is 5.10 Å². The van der Waals surface area contributed by atoms with Crippen LogP contribution >= 0.6 is 0 Å². The first-order chi connectivity index (χ1) is 11.1. The number of carbonyl (C=O) groups is 1. The molecule has 0 atom stereocenters. The summed E-state index contributed by atoms with van der Waals surface area (Å²) in [6.45, 7) is 4.55. The van der Waals surface area contributed by atoms with Crippen LogP contribution in [-0.2, 0) is 9.53 Å². The molecule has 0 bridgehead atoms. The fourth-order valence-corrected chi connectivity index (χ4v) is 2.39. The summed E-state index contributed by atoms with van der Waals surface area (Å²) in [5.41, 5.74) is 0.599. The second-order valence-electron chi connectivity index (χ2n) is 5.53. The summed E-state index contributed by atoms with van der Waals surface area (Å²) in [6, 6.07) is 5.36. The molecule has 0 aromatic carbocycles. The van der Waals surface area contributed by atoms with E-state index < -0.39 is 0 Å². The number of hydrogen-bond donors (Lipinski definition) is 1. The van der Waals surface area contributed by atoms with E-state index in [1.165, 1.54) is 0 Å². The molecule has 0 saturated carbocycles. The van der Waals surface area contributed by atoms with Crippen LogP contribution in [-0.4, -0.2) is 38.7 Å². The first-order valence-corrected chi connectivity index (χ1v) is 7.30. The number of anilines is 1. The lowest BCUT2D eigenvalue weighted by Gasteiger charge is -2.24. The number of amides is 1. The molecule has 8 heteroatoms. The molecule has 4 rings (SSSR count). The highest BCUT2D eigenvalue weighted by Gasteiger charge is 2.27. The molecule has 1 saturated heterocycles. The maximum Gasteiger partial charge on any atom is 0.233 e. The van der Waals surface area contributed by atoms with E-state index in [4.69, 9.17) is 9.15 Å². The average Bonchev–Trinajstić information content (AvgIpc) is 3.00. The monoisotopic (exact) mass is 313 g/mol. The Morgan fingerprint density at radius 3 is 2.78 bits per heavy atom. The van der Waals surface area contributed by atoms with Crippen LogP contribution in [0.5, 0.6) is 0 Å². The van der Waals surface area contributed by atoms with E-state index in [2.05, 4.69) is 20.4 Å². The van der Waals surface area contributed by atoms with Gasteiger partial charge in [-0.25, -0.2) is 9.97 Å². The van der Waals surface area contributed by atoms with Crippen LogP contribution in [0.25, 0.3) is 17.2 Å². The van der Waals surface area contributed by atoms with Crippen LogP contribution in [0.1, 0.15) is 11.6 Å². The van der Waals surface area contributed by atoms with Crippen molar-refractivity contribution in [2.45, 2.75) is 13.8 Å². The molecule has 0 unspecified atom stereocenters. The van der Waals surface area contributed by atoms with Crippen molar-refractivity contribution in [3.8, 4) is 11.6 Å². The van der Waals surface area contributed by atoms with Gasteiger partial charge in [-0.3, -0.25) is 4.79 Å². The van der Waals surface area contributed by atoms with Gasteiger partial charge in [0.1, 0.15) is 17.4 Å². The molecule has 1 aliphatic rings. The van der Waals surface area contributed by atoms with Crippen molar-refractivity contribution >= 4 is 17.4 Å². The molecule has 1 aliphatic heterocycles. The molecule has 23 heavy (non-hydrogen) atoms. The third kappa shape index (κ3) is 2.46. The minimum atomic E-state index is -0.123. The molecular weight excluding hydrogens is 298 g/mol. The molecule has 0 aliphatic carbocycles. The smallest absolute Gasteiger partial charge is 0.233 e. The van der Waals surface area contributed by atoms with Gasteiger partial charge in [0.25, 0.3) is 0 Å². The molecule has 4 heterocycles. The molecule has 0 spiro atoms. The van der Waals surface area contributed by atoms with Gasteiger partial charge in [0.15, 0.2) is 11.4 Å². The quantitative estimate of drug-likeness (QED) is 0.789. The number of rotatable bonds is 3. The number of hydrogen-bond acceptors (Lipinski definition) is 6. The van der Waals surface area contributed by atoms with E-state index in [1.54, 1.807) is 17.5 Å². The largest absolute Gasteiger partial charge is 0.458 e. The van der Waals surface area contributed by atoms with E-state index in [-0.39, 0.29) is 11.8 Å². The number of nitrogens with one attached hydrogen (secondary N) is 1. The molecule has 3 aromatic rings. The van der Waals surface area contributed by atoms with Crippen molar-refractivity contribution in [1.29, 1.82) is 0 Å². The van der Waals surface area contributed by atoms with Gasteiger partial charge in [0.05, 0.1) is 19.1 Å². The first kappa shape index (κ1) is 13.9. The number of nitrogens with zero attached hydrogens (tertiary/aromatic N) is 4. The molecule has 118 valence electrons. The third-order valence-corrected chi connectivity index (χ3v) is 3.65. The summed E-state index contributed by atoms with van der Waals surface area (Å²) < 4.78 is 12.3. The van der Waals surface area contributed by atoms with Crippen molar-refractivity contribution in [2.24, 2.45) is 5.92 Å². The second kappa shape index (κ2) is 5.17. The summed E-state index contributed by atoms with van der Waals surface area (Å²) in [5, 5.41) is 7.14. The SMILES string of the molecule is Cc1nc2cc(NC(=O)C3COC3)nc(-c3ccc(C)o3)n2n1. The van der Waals surface area contributed by atoms with Gasteiger partial charge in [0, 0.05) is 6.07 Å². The lowest BCUT2D eigenvalue weighted by atomic mass is 10.1. The fourth-order valence-electron chi connectivity index (χ4n) is 2.39. The van der Waals surface area contributed by atoms with Crippen LogP contribution in [0.4, 0.5) is 5.82 Å². The Bertz CT molecular complexity index is 894. The molecule has 8 nitrogen and oxygen atoms in total. The summed E-state index contributed by atoms with van der Waals surface area (Å²) in [7, 11) is 0. The van der Waals surface area contributed by atoms with Crippen molar-refractivity contribution in [3.63, 3.8) is 0 Å². The van der Waals surface area contributed by atoms with E-state index in [9.17, 15) is 4.79 Å². The van der Waals surface area contributed by atoms with Crippen molar-refractivity contribution in [1.82, 2.24) is 19.6 Å². The van der Waals surface area contributed by atoms with Crippen molar-refractivity contribution < 1.29 is 13.9 Å². The van der Waals surface area contributed by atoms with E-state index in [1.807, 2.05) is 19.1 Å². The van der Waals surface area contributed by atoms with E-state index in [0.717, 1.165) is 5.76 Å². The number of fused-ring (bicyclic) bond motifs is 1. The summed E-state index contributed by atoms with van der Waals surface area (Å²) in [5.74, 6) is 2.65. The number of carbonyl (C=O) groups excluding carboxylic acids is 1. The van der Waals surface area contributed by atoms with Gasteiger partial charge >= 0.3 is 0 Å². The van der Waals surface area contributed by atoms with E-state index in [0.29, 0.717) is 42.1 Å². The number of ether oxygens (including phenoxy) is 1. The first-order valence-electron chi connectivity index (χ1n) is 7.30. The van der Waals surface area contributed by atoms with Crippen molar-refractivity contribution in [3.05, 3.63) is 29.8 Å². The number of furan rings is 1. The predicted molar refractivity (Wildman–Crippen MR) is 80.9 cm³/mol. The Morgan fingerprint density at radius 2 is 2.13 bits per heavy atom. The highest BCUT2D eigenvalue weighted by molar-refractivity contribution is 5.92. The predicted octanol–water partition coefficient (Wildman–Crippen LogP) is 1.59. The van der Waals surface area contributed by atoms with Gasteiger partial charge in [-0.05, 0) is 26.0 Å². The van der Waals surface area contributed by atoms with Gasteiger partial charge in [0.2, 0.25) is 11.7 Å². The van der Waals surface area contributed by atoms with Crippen LogP contribution in [0, 0.1) is 19.8 Å². The zero-order valence-corrected chi connectivity index (χ0v) is 12.7. The molecule has 3 aromatic heterocycles. The van der Waals surface area contributed by atoms with Gasteiger partial charge in [-0.2, -0.15) is 4.52 Å². The summed E-state index contributed by atoms with van der Waals surface area (Å²) in [6.07, 6.45) is 0. The zero-order valence-electron chi connectivity index (χ0n) is 12.7. The number of aryl methyl sites for hydroxylation is 2. The molecule has 1 fully saturated rings. The standard InChI is InChI=1S/C15H15N5O3/c1-8-3-4-11(23-8)14-17-12(18-15(21)10-6-22-7-10)5-13-16-9(2)19-20(13)14/h3-5,10H,6-7H2,1-2H3,(H,18,21). The van der Waals surface area contributed by atoms with Crippen LogP contribution in [0.2, 0.25) is 0 Å². The molecular formula is C15H15N5O3. The number of aromatic nitrogens is 4. The zero-order chi connectivity index (χ0) is 16.0. The van der Waals surface area contributed by atoms with Crippen molar-refractivity contribution in [2.75, 3.05) is 18.5 Å². The Morgan fingerprint density at radius 1 is 1.30 bits per heavy atom. The minimum absolute atomic E-state index is 0.106. The second-order valence-corrected chi connectivity index (χ2v) is 5.53. The minimum Gasteiger partial charge on any atom is -0.458 e. The normalized spacial score (nSPS) is 14.9. The Labute approximate surface area is 131 Å². The fraction of sp³-hybridized carbons (Fsp3) is 0.333. The summed E-state index contributed by atoms with van der Waals surface area (Å²) in [4.78, 5) is 20.9. The molecule has 1 amide bonds. The Balaban J connectivity index is 1.78. The average molecular weight is 313 g/mol. The summed E-state index contributed by atoms with van der Waals surface area (Å²) >= 11 is 0.